The summed E-state index contributed by atoms with van der Waals surface area (Å²) in [6, 6.07) is 1.87. The summed E-state index contributed by atoms with van der Waals surface area (Å²) in [6.45, 7) is 5.20. The van der Waals surface area contributed by atoms with Gasteiger partial charge in [0.1, 0.15) is 4.21 Å². The summed E-state index contributed by atoms with van der Waals surface area (Å²) in [5, 5.41) is 1.62. The molecule has 1 heterocycles. The predicted octanol–water partition coefficient (Wildman–Crippen LogP) is 0.949. The van der Waals surface area contributed by atoms with Crippen molar-refractivity contribution in [1.29, 1.82) is 0 Å². The van der Waals surface area contributed by atoms with Crippen LogP contribution in [-0.4, -0.2) is 39.5 Å². The Balaban J connectivity index is 2.52. The Kier molecular flexibility index (Phi) is 4.93. The van der Waals surface area contributed by atoms with Crippen molar-refractivity contribution in [3.63, 3.8) is 0 Å². The fourth-order valence-corrected chi connectivity index (χ4v) is 3.30. The largest absolute Gasteiger partial charge is 0.398 e. The molecule has 98 valence electrons. The molecule has 1 aromatic heterocycles. The Hall–Kier alpha value is -0.630. The molecule has 0 aliphatic rings. The Labute approximate surface area is 107 Å². The molecule has 7 heteroatoms. The third-order valence-electron chi connectivity index (χ3n) is 2.50. The molecule has 0 spiro atoms. The lowest BCUT2D eigenvalue weighted by Crippen LogP contribution is -2.35. The number of nitrogens with one attached hydrogen (secondary N) is 1. The molecule has 0 fully saturated rings. The Morgan fingerprint density at radius 1 is 1.53 bits per heavy atom. The van der Waals surface area contributed by atoms with Gasteiger partial charge in [-0.15, -0.1) is 11.3 Å². The van der Waals surface area contributed by atoms with Crippen molar-refractivity contribution in [3.8, 4) is 0 Å². The zero-order chi connectivity index (χ0) is 13.1. The second kappa shape index (κ2) is 5.81. The number of sulfonamides is 1. The number of nitrogens with two attached hydrogens (primary N) is 1. The van der Waals surface area contributed by atoms with Gasteiger partial charge in [-0.05, 0) is 27.0 Å². The van der Waals surface area contributed by atoms with Gasteiger partial charge in [0.15, 0.2) is 0 Å². The van der Waals surface area contributed by atoms with Crippen LogP contribution in [0.25, 0.3) is 0 Å². The number of likely N-dealkylation sites (N-methyl/N-ethyl adjacent to an activating group) is 1. The lowest BCUT2D eigenvalue weighted by Gasteiger charge is -2.20. The molecule has 1 aromatic rings. The van der Waals surface area contributed by atoms with Crippen LogP contribution < -0.4 is 10.5 Å². The predicted molar refractivity (Wildman–Crippen MR) is 71.7 cm³/mol. The van der Waals surface area contributed by atoms with E-state index < -0.39 is 10.0 Å². The van der Waals surface area contributed by atoms with Crippen LogP contribution in [0.3, 0.4) is 0 Å². The van der Waals surface area contributed by atoms with Crippen LogP contribution >= 0.6 is 11.3 Å². The van der Waals surface area contributed by atoms with Gasteiger partial charge in [-0.1, -0.05) is 0 Å². The van der Waals surface area contributed by atoms with E-state index in [4.69, 9.17) is 5.73 Å². The van der Waals surface area contributed by atoms with Gasteiger partial charge in [-0.25, -0.2) is 13.1 Å². The number of nitrogen functional groups attached to an aromatic ring is 1. The van der Waals surface area contributed by atoms with Crippen LogP contribution in [0.4, 0.5) is 5.69 Å². The van der Waals surface area contributed by atoms with Crippen molar-refractivity contribution in [2.45, 2.75) is 24.1 Å². The van der Waals surface area contributed by atoms with E-state index in [1.165, 1.54) is 6.07 Å². The fraction of sp³-hybridized carbons (Fsp3) is 0.600. The Bertz CT molecular complexity index is 454. The first-order valence-corrected chi connectivity index (χ1v) is 7.73. The van der Waals surface area contributed by atoms with Crippen molar-refractivity contribution in [3.05, 3.63) is 11.4 Å². The van der Waals surface area contributed by atoms with E-state index in [0.717, 1.165) is 11.3 Å². The maximum Gasteiger partial charge on any atom is 0.250 e. The lowest BCUT2D eigenvalue weighted by molar-refractivity contribution is 0.278. The summed E-state index contributed by atoms with van der Waals surface area (Å²) in [5.41, 5.74) is 5.98. The number of thiophene rings is 1. The van der Waals surface area contributed by atoms with Crippen molar-refractivity contribution in [1.82, 2.24) is 9.62 Å². The van der Waals surface area contributed by atoms with Crippen molar-refractivity contribution in [2.75, 3.05) is 25.9 Å². The van der Waals surface area contributed by atoms with Crippen LogP contribution in [0.5, 0.6) is 0 Å². The van der Waals surface area contributed by atoms with Crippen molar-refractivity contribution < 1.29 is 8.42 Å². The molecule has 3 N–H and O–H groups in total. The highest BCUT2D eigenvalue weighted by atomic mass is 32.2. The van der Waals surface area contributed by atoms with Crippen LogP contribution in [0, 0.1) is 0 Å². The van der Waals surface area contributed by atoms with Crippen molar-refractivity contribution in [2.24, 2.45) is 0 Å². The van der Waals surface area contributed by atoms with Gasteiger partial charge in [0.25, 0.3) is 0 Å². The zero-order valence-electron chi connectivity index (χ0n) is 10.3. The first-order valence-electron chi connectivity index (χ1n) is 5.37. The van der Waals surface area contributed by atoms with E-state index in [9.17, 15) is 8.42 Å². The first-order chi connectivity index (χ1) is 7.83. The van der Waals surface area contributed by atoms with Gasteiger partial charge >= 0.3 is 0 Å². The summed E-state index contributed by atoms with van der Waals surface area (Å²) in [4.78, 5) is 2.07. The molecule has 0 aliphatic carbocycles. The second-order valence-electron chi connectivity index (χ2n) is 4.17. The zero-order valence-corrected chi connectivity index (χ0v) is 11.9. The Morgan fingerprint density at radius 2 is 2.18 bits per heavy atom. The molecule has 0 bridgehead atoms. The van der Waals surface area contributed by atoms with Gasteiger partial charge in [-0.3, -0.25) is 0 Å². The topological polar surface area (TPSA) is 75.4 Å². The van der Waals surface area contributed by atoms with E-state index in [0.29, 0.717) is 24.8 Å². The van der Waals surface area contributed by atoms with Gasteiger partial charge < -0.3 is 10.6 Å². The van der Waals surface area contributed by atoms with Crippen LogP contribution in [0.15, 0.2) is 15.7 Å². The first kappa shape index (κ1) is 14.4. The highest BCUT2D eigenvalue weighted by Crippen LogP contribution is 2.20. The minimum Gasteiger partial charge on any atom is -0.398 e. The maximum absolute atomic E-state index is 11.8. The quantitative estimate of drug-likeness (QED) is 0.812. The smallest absolute Gasteiger partial charge is 0.250 e. The SMILES string of the molecule is CC(C)N(C)CCNS(=O)(=O)c1cc(N)cs1. The molecule has 0 saturated carbocycles. The van der Waals surface area contributed by atoms with Gasteiger partial charge in [0.05, 0.1) is 0 Å². The van der Waals surface area contributed by atoms with E-state index >= 15 is 0 Å². The minimum absolute atomic E-state index is 0.266. The van der Waals surface area contributed by atoms with Crippen LogP contribution in [0.1, 0.15) is 13.8 Å². The number of hydrogen-bond donors (Lipinski definition) is 2. The molecule has 0 unspecified atom stereocenters. The molecule has 5 nitrogen and oxygen atoms in total. The maximum atomic E-state index is 11.8. The molecule has 17 heavy (non-hydrogen) atoms. The van der Waals surface area contributed by atoms with Gasteiger partial charge in [0, 0.05) is 30.2 Å². The summed E-state index contributed by atoms with van der Waals surface area (Å²) in [6.07, 6.45) is 0. The molecular weight excluding hydrogens is 258 g/mol. The summed E-state index contributed by atoms with van der Waals surface area (Å²) < 4.78 is 26.5. The molecule has 0 atom stereocenters. The third-order valence-corrected chi connectivity index (χ3v) is 5.42. The lowest BCUT2D eigenvalue weighted by atomic mass is 10.3. The minimum atomic E-state index is -3.40. The summed E-state index contributed by atoms with van der Waals surface area (Å²) in [5.74, 6) is 0. The summed E-state index contributed by atoms with van der Waals surface area (Å²) in [7, 11) is -1.44. The van der Waals surface area contributed by atoms with Gasteiger partial charge in [0.2, 0.25) is 10.0 Å². The molecular formula is C10H19N3O2S2. The average molecular weight is 277 g/mol. The van der Waals surface area contributed by atoms with Gasteiger partial charge in [-0.2, -0.15) is 0 Å². The normalized spacial score (nSPS) is 12.5. The van der Waals surface area contributed by atoms with E-state index in [1.807, 2.05) is 7.05 Å². The van der Waals surface area contributed by atoms with E-state index in [-0.39, 0.29) is 4.21 Å². The van der Waals surface area contributed by atoms with E-state index in [2.05, 4.69) is 23.5 Å². The van der Waals surface area contributed by atoms with E-state index in [1.54, 1.807) is 5.38 Å². The number of nitrogens with zero attached hydrogens (tertiary/aromatic N) is 1. The third kappa shape index (κ3) is 4.27. The number of anilines is 1. The molecule has 0 radical (unpaired) electrons. The van der Waals surface area contributed by atoms with Crippen molar-refractivity contribution >= 4 is 27.0 Å². The van der Waals surface area contributed by atoms with Crippen LogP contribution in [0.2, 0.25) is 0 Å². The highest BCUT2D eigenvalue weighted by Gasteiger charge is 2.16. The average Bonchev–Trinajstić information content (AvgIpc) is 2.65. The molecule has 0 amide bonds. The number of hydrogen-bond acceptors (Lipinski definition) is 5. The second-order valence-corrected chi connectivity index (χ2v) is 7.08. The van der Waals surface area contributed by atoms with Crippen LogP contribution in [-0.2, 0) is 10.0 Å². The Morgan fingerprint density at radius 3 is 2.65 bits per heavy atom. The monoisotopic (exact) mass is 277 g/mol. The summed E-state index contributed by atoms with van der Waals surface area (Å²) >= 11 is 1.13. The molecule has 0 saturated heterocycles. The fourth-order valence-electron chi connectivity index (χ4n) is 1.16. The number of rotatable bonds is 6. The molecule has 1 rings (SSSR count). The molecule has 0 aromatic carbocycles. The highest BCUT2D eigenvalue weighted by molar-refractivity contribution is 7.91. The standard InChI is InChI=1S/C10H19N3O2S2/c1-8(2)13(3)5-4-12-17(14,15)10-6-9(11)7-16-10/h6-8,12H,4-5,11H2,1-3H3. The molecule has 0 aliphatic heterocycles.